The first-order valence-electron chi connectivity index (χ1n) is 15.3. The molecule has 3 aromatic rings. The highest BCUT2D eigenvalue weighted by Crippen LogP contribution is 2.41. The van der Waals surface area contributed by atoms with Gasteiger partial charge in [0.2, 0.25) is 11.7 Å². The normalized spacial score (nSPS) is 15.9. The van der Waals surface area contributed by atoms with Gasteiger partial charge in [0.25, 0.3) is 0 Å². The number of likely N-dealkylation sites (tertiary alicyclic amines) is 1. The highest BCUT2D eigenvalue weighted by molar-refractivity contribution is 5.89. The highest BCUT2D eigenvalue weighted by Gasteiger charge is 2.38. The number of rotatable bonds is 14. The largest absolute Gasteiger partial charge is 0.493 e. The molecule has 1 aliphatic heterocycles. The average molecular weight is 621 g/mol. The summed E-state index contributed by atoms with van der Waals surface area (Å²) < 4.78 is 33.6. The summed E-state index contributed by atoms with van der Waals surface area (Å²) in [6.07, 6.45) is 6.71. The number of esters is 1. The summed E-state index contributed by atoms with van der Waals surface area (Å²) in [4.78, 5) is 34.0. The van der Waals surface area contributed by atoms with Gasteiger partial charge in [0.1, 0.15) is 12.1 Å². The lowest BCUT2D eigenvalue weighted by atomic mass is 9.91. The summed E-state index contributed by atoms with van der Waals surface area (Å²) >= 11 is 0. The quantitative estimate of drug-likeness (QED) is 0.203. The molecule has 242 valence electrons. The molecular weight excluding hydrogens is 576 g/mol. The van der Waals surface area contributed by atoms with Gasteiger partial charge in [-0.25, -0.2) is 4.79 Å². The van der Waals surface area contributed by atoms with Crippen molar-refractivity contribution in [2.75, 3.05) is 42.1 Å². The number of piperidine rings is 1. The minimum Gasteiger partial charge on any atom is -0.493 e. The molecule has 1 saturated heterocycles. The van der Waals surface area contributed by atoms with E-state index in [2.05, 4.69) is 4.98 Å². The zero-order valence-corrected chi connectivity index (χ0v) is 27.0. The molecule has 10 heteroatoms. The summed E-state index contributed by atoms with van der Waals surface area (Å²) in [5.74, 6) is 1.64. The van der Waals surface area contributed by atoms with Gasteiger partial charge in [-0.2, -0.15) is 0 Å². The fourth-order valence-corrected chi connectivity index (χ4v) is 5.91. The van der Waals surface area contributed by atoms with E-state index in [0.717, 1.165) is 29.5 Å². The molecule has 2 heterocycles. The van der Waals surface area contributed by atoms with E-state index in [0.29, 0.717) is 61.0 Å². The van der Waals surface area contributed by atoms with Crippen molar-refractivity contribution in [3.05, 3.63) is 71.5 Å². The topological polar surface area (TPSA) is 106 Å². The molecule has 1 fully saturated rings. The van der Waals surface area contributed by atoms with Crippen LogP contribution in [0.3, 0.4) is 0 Å². The molecule has 0 saturated carbocycles. The van der Waals surface area contributed by atoms with Gasteiger partial charge in [-0.3, -0.25) is 9.78 Å². The summed E-state index contributed by atoms with van der Waals surface area (Å²) in [5, 5.41) is 0. The van der Waals surface area contributed by atoms with E-state index in [9.17, 15) is 9.59 Å². The summed E-state index contributed by atoms with van der Waals surface area (Å²) in [6.45, 7) is 2.43. The van der Waals surface area contributed by atoms with Crippen LogP contribution in [0, 0.1) is 0 Å². The average Bonchev–Trinajstić information content (AvgIpc) is 3.09. The van der Waals surface area contributed by atoms with Crippen molar-refractivity contribution in [3.63, 3.8) is 0 Å². The van der Waals surface area contributed by atoms with Gasteiger partial charge in [0.05, 0.1) is 41.5 Å². The Kier molecular flexibility index (Phi) is 11.9. The van der Waals surface area contributed by atoms with Crippen molar-refractivity contribution in [2.45, 2.75) is 63.5 Å². The second kappa shape index (κ2) is 16.0. The maximum Gasteiger partial charge on any atom is 0.329 e. The minimum absolute atomic E-state index is 0.128. The van der Waals surface area contributed by atoms with Gasteiger partial charge in [0, 0.05) is 24.5 Å². The van der Waals surface area contributed by atoms with Crippen molar-refractivity contribution in [2.24, 2.45) is 0 Å². The second-order valence-corrected chi connectivity index (χ2v) is 10.9. The molecule has 1 amide bonds. The molecule has 0 spiro atoms. The third-order valence-electron chi connectivity index (χ3n) is 8.31. The molecule has 0 bridgehead atoms. The molecule has 1 unspecified atom stereocenters. The number of carbonyl (C=O) groups excluding carboxylic acids is 2. The summed E-state index contributed by atoms with van der Waals surface area (Å²) in [5.41, 5.74) is 2.55. The molecule has 3 atom stereocenters. The molecule has 4 rings (SSSR count). The lowest BCUT2D eigenvalue weighted by Crippen LogP contribution is -2.50. The first kappa shape index (κ1) is 33.4. The number of benzene rings is 2. The molecule has 1 aliphatic rings. The van der Waals surface area contributed by atoms with E-state index in [1.165, 1.54) is 0 Å². The number of pyridine rings is 1. The molecule has 0 N–H and O–H groups in total. The Morgan fingerprint density at radius 1 is 0.867 bits per heavy atom. The Balaban J connectivity index is 1.56. The Morgan fingerprint density at radius 2 is 1.58 bits per heavy atom. The van der Waals surface area contributed by atoms with Crippen LogP contribution >= 0.6 is 0 Å². The SMILES string of the molecule is CC[C@H](C(=O)N1CCCCC1C(=O)O[C@H](CCc1ccc(OC)c(OC)c1)c1cccnc1)c1cc(OC)c(OC)c(OC)c1. The molecule has 45 heavy (non-hydrogen) atoms. The van der Waals surface area contributed by atoms with Crippen LogP contribution < -0.4 is 23.7 Å². The number of nitrogens with zero attached hydrogens (tertiary/aromatic N) is 2. The van der Waals surface area contributed by atoms with Crippen molar-refractivity contribution < 1.29 is 38.0 Å². The second-order valence-electron chi connectivity index (χ2n) is 10.9. The number of ether oxygens (including phenoxy) is 6. The Hall–Kier alpha value is -4.47. The maximum atomic E-state index is 14.2. The maximum absolute atomic E-state index is 14.2. The summed E-state index contributed by atoms with van der Waals surface area (Å²) in [7, 11) is 7.83. The Morgan fingerprint density at radius 3 is 2.18 bits per heavy atom. The third-order valence-corrected chi connectivity index (χ3v) is 8.31. The molecule has 10 nitrogen and oxygen atoms in total. The van der Waals surface area contributed by atoms with Crippen LogP contribution in [-0.4, -0.2) is 69.9 Å². The van der Waals surface area contributed by atoms with E-state index < -0.39 is 24.0 Å². The van der Waals surface area contributed by atoms with Crippen LogP contribution in [-0.2, 0) is 20.7 Å². The summed E-state index contributed by atoms with van der Waals surface area (Å²) in [6, 6.07) is 12.4. The Labute approximate surface area is 265 Å². The first-order valence-corrected chi connectivity index (χ1v) is 15.3. The van der Waals surface area contributed by atoms with Crippen LogP contribution in [0.1, 0.15) is 67.7 Å². The van der Waals surface area contributed by atoms with Gasteiger partial charge < -0.3 is 33.3 Å². The first-order chi connectivity index (χ1) is 21.9. The fraction of sp³-hybridized carbons (Fsp3) is 0.457. The van der Waals surface area contributed by atoms with Crippen molar-refractivity contribution in [1.82, 2.24) is 9.88 Å². The van der Waals surface area contributed by atoms with Crippen LogP contribution in [0.2, 0.25) is 0 Å². The van der Waals surface area contributed by atoms with Gasteiger partial charge in [0.15, 0.2) is 23.0 Å². The van der Waals surface area contributed by atoms with Gasteiger partial charge in [-0.1, -0.05) is 19.1 Å². The Bertz CT molecular complexity index is 1410. The number of hydrogen-bond acceptors (Lipinski definition) is 9. The number of methoxy groups -OCH3 is 5. The van der Waals surface area contributed by atoms with Crippen LogP contribution in [0.25, 0.3) is 0 Å². The number of amides is 1. The van der Waals surface area contributed by atoms with Crippen LogP contribution in [0.15, 0.2) is 54.9 Å². The van der Waals surface area contributed by atoms with Gasteiger partial charge in [-0.05, 0) is 80.0 Å². The fourth-order valence-electron chi connectivity index (χ4n) is 5.91. The van der Waals surface area contributed by atoms with Gasteiger partial charge >= 0.3 is 5.97 Å². The predicted octanol–water partition coefficient (Wildman–Crippen LogP) is 5.92. The van der Waals surface area contributed by atoms with Crippen molar-refractivity contribution >= 4 is 11.9 Å². The van der Waals surface area contributed by atoms with E-state index in [4.69, 9.17) is 28.4 Å². The van der Waals surface area contributed by atoms with Crippen molar-refractivity contribution in [3.8, 4) is 28.7 Å². The van der Waals surface area contributed by atoms with E-state index in [1.54, 1.807) is 65.0 Å². The standard InChI is InChI=1S/C35H44N2O8/c1-7-26(25-20-31(42-4)33(44-6)32(21-25)43-5)34(38)37-18-9-8-12-27(37)35(39)45-28(24-11-10-17-36-22-24)15-13-23-14-16-29(40-2)30(19-23)41-3/h10-11,14,16-17,19-22,26-28H,7-9,12-13,15,18H2,1-6H3/t26-,27?,28+/m0/s1. The number of aryl methyl sites for hydroxylation is 1. The monoisotopic (exact) mass is 620 g/mol. The lowest BCUT2D eigenvalue weighted by molar-refractivity contribution is -0.162. The zero-order chi connectivity index (χ0) is 32.3. The predicted molar refractivity (Wildman–Crippen MR) is 169 cm³/mol. The third kappa shape index (κ3) is 7.79. The van der Waals surface area contributed by atoms with Crippen molar-refractivity contribution in [1.29, 1.82) is 0 Å². The van der Waals surface area contributed by atoms with Crippen LogP contribution in [0.4, 0.5) is 0 Å². The van der Waals surface area contributed by atoms with E-state index in [1.807, 2.05) is 37.3 Å². The van der Waals surface area contributed by atoms with Crippen LogP contribution in [0.5, 0.6) is 28.7 Å². The molecule has 0 aliphatic carbocycles. The lowest BCUT2D eigenvalue weighted by Gasteiger charge is -2.37. The van der Waals surface area contributed by atoms with E-state index in [-0.39, 0.29) is 5.91 Å². The zero-order valence-electron chi connectivity index (χ0n) is 27.0. The number of hydrogen-bond donors (Lipinski definition) is 0. The van der Waals surface area contributed by atoms with E-state index >= 15 is 0 Å². The minimum atomic E-state index is -0.692. The highest BCUT2D eigenvalue weighted by atomic mass is 16.5. The smallest absolute Gasteiger partial charge is 0.329 e. The number of carbonyl (C=O) groups is 2. The molecule has 2 aromatic carbocycles. The number of aromatic nitrogens is 1. The van der Waals surface area contributed by atoms with Gasteiger partial charge in [-0.15, -0.1) is 0 Å². The molecule has 1 aromatic heterocycles. The molecule has 0 radical (unpaired) electrons. The molecular formula is C35H44N2O8.